The monoisotopic (exact) mass is 326 g/mol. The molecule has 4 heteroatoms. The number of hydrogen-bond donors (Lipinski definition) is 2. The molecule has 3 N–H and O–H groups in total. The van der Waals surface area contributed by atoms with Crippen molar-refractivity contribution in [3.63, 3.8) is 0 Å². The smallest absolute Gasteiger partial charge is 0.241 e. The van der Waals surface area contributed by atoms with Crippen LogP contribution in [0.3, 0.4) is 0 Å². The van der Waals surface area contributed by atoms with E-state index in [0.29, 0.717) is 17.9 Å². The Morgan fingerprint density at radius 2 is 1.83 bits per heavy atom. The summed E-state index contributed by atoms with van der Waals surface area (Å²) in [5.74, 6) is 1.30. The normalized spacial score (nSPS) is 11.8. The van der Waals surface area contributed by atoms with Crippen molar-refractivity contribution in [3.8, 4) is 11.5 Å². The molecule has 0 spiro atoms. The number of amides is 1. The van der Waals surface area contributed by atoms with Gasteiger partial charge in [-0.15, -0.1) is 0 Å². The van der Waals surface area contributed by atoms with Gasteiger partial charge < -0.3 is 15.8 Å². The second-order valence-corrected chi connectivity index (χ2v) is 5.88. The largest absolute Gasteiger partial charge is 0.457 e. The third-order valence-corrected chi connectivity index (χ3v) is 3.83. The van der Waals surface area contributed by atoms with E-state index in [2.05, 4.69) is 24.4 Å². The summed E-state index contributed by atoms with van der Waals surface area (Å²) in [6.45, 7) is 4.07. The molecule has 0 radical (unpaired) electrons. The molecule has 0 fully saturated rings. The van der Waals surface area contributed by atoms with E-state index >= 15 is 0 Å². The number of unbranched alkanes of at least 4 members (excludes halogenated alkanes) is 1. The van der Waals surface area contributed by atoms with Crippen LogP contribution in [-0.4, -0.2) is 11.9 Å². The van der Waals surface area contributed by atoms with E-state index < -0.39 is 6.04 Å². The number of rotatable bonds is 8. The number of nitrogens with two attached hydrogens (primary N) is 1. The Bertz CT molecular complexity index is 670. The summed E-state index contributed by atoms with van der Waals surface area (Å²) in [5.41, 5.74) is 7.69. The van der Waals surface area contributed by atoms with Crippen LogP contribution in [0, 0.1) is 0 Å². The number of carbonyl (C=O) groups excluding carboxylic acids is 1. The second kappa shape index (κ2) is 9.08. The Morgan fingerprint density at radius 3 is 2.54 bits per heavy atom. The maximum absolute atomic E-state index is 11.9. The van der Waals surface area contributed by atoms with E-state index in [1.54, 1.807) is 6.07 Å². The maximum Gasteiger partial charge on any atom is 0.241 e. The second-order valence-electron chi connectivity index (χ2n) is 5.88. The molecule has 128 valence electrons. The van der Waals surface area contributed by atoms with Gasteiger partial charge in [0.15, 0.2) is 0 Å². The number of ether oxygens (including phenoxy) is 1. The fraction of sp³-hybridized carbons (Fsp3) is 0.350. The molecule has 2 rings (SSSR count). The van der Waals surface area contributed by atoms with Crippen molar-refractivity contribution in [1.82, 2.24) is 0 Å². The van der Waals surface area contributed by atoms with Crippen LogP contribution < -0.4 is 15.8 Å². The molecular formula is C20H26N2O2. The van der Waals surface area contributed by atoms with Gasteiger partial charge in [-0.25, -0.2) is 0 Å². The molecule has 0 aromatic heterocycles. The molecule has 0 bridgehead atoms. The van der Waals surface area contributed by atoms with Gasteiger partial charge in [-0.3, -0.25) is 4.79 Å². The molecule has 1 amide bonds. The molecule has 2 aromatic rings. The first kappa shape index (κ1) is 18.0. The lowest BCUT2D eigenvalue weighted by Crippen LogP contribution is -2.34. The van der Waals surface area contributed by atoms with Crippen LogP contribution in [0.15, 0.2) is 48.5 Å². The van der Waals surface area contributed by atoms with Gasteiger partial charge in [-0.05, 0) is 49.1 Å². The summed E-state index contributed by atoms with van der Waals surface area (Å²) in [4.78, 5) is 11.9. The summed E-state index contributed by atoms with van der Waals surface area (Å²) >= 11 is 0. The lowest BCUT2D eigenvalue weighted by atomic mass is 10.1. The van der Waals surface area contributed by atoms with Crippen LogP contribution in [-0.2, 0) is 11.2 Å². The lowest BCUT2D eigenvalue weighted by Gasteiger charge is -2.12. The minimum atomic E-state index is -0.496. The van der Waals surface area contributed by atoms with Gasteiger partial charge in [-0.1, -0.05) is 38.5 Å². The Morgan fingerprint density at radius 1 is 1.12 bits per heavy atom. The van der Waals surface area contributed by atoms with E-state index in [-0.39, 0.29) is 5.91 Å². The number of aryl methyl sites for hydroxylation is 1. The van der Waals surface area contributed by atoms with E-state index in [9.17, 15) is 4.79 Å². The number of hydrogen-bond acceptors (Lipinski definition) is 3. The Kier molecular flexibility index (Phi) is 6.82. The molecule has 4 nitrogen and oxygen atoms in total. The summed E-state index contributed by atoms with van der Waals surface area (Å²) in [7, 11) is 0. The van der Waals surface area contributed by atoms with Crippen LogP contribution in [0.4, 0.5) is 5.69 Å². The molecule has 24 heavy (non-hydrogen) atoms. The van der Waals surface area contributed by atoms with Gasteiger partial charge in [0, 0.05) is 11.8 Å². The van der Waals surface area contributed by atoms with Crippen molar-refractivity contribution in [1.29, 1.82) is 0 Å². The van der Waals surface area contributed by atoms with Crippen molar-refractivity contribution in [2.45, 2.75) is 45.6 Å². The van der Waals surface area contributed by atoms with Crippen molar-refractivity contribution in [2.75, 3.05) is 5.32 Å². The predicted octanol–water partition coefficient (Wildman–Crippen LogP) is 4.50. The molecule has 0 aliphatic rings. The molecule has 1 unspecified atom stereocenters. The Balaban J connectivity index is 2.05. The minimum absolute atomic E-state index is 0.184. The summed E-state index contributed by atoms with van der Waals surface area (Å²) in [5, 5.41) is 2.81. The van der Waals surface area contributed by atoms with Gasteiger partial charge in [0.25, 0.3) is 0 Å². The zero-order chi connectivity index (χ0) is 17.4. The maximum atomic E-state index is 11.9. The first-order valence-corrected chi connectivity index (χ1v) is 8.55. The Labute approximate surface area is 144 Å². The van der Waals surface area contributed by atoms with Crippen molar-refractivity contribution in [3.05, 3.63) is 54.1 Å². The van der Waals surface area contributed by atoms with E-state index in [1.165, 1.54) is 18.4 Å². The average Bonchev–Trinajstić information content (AvgIpc) is 2.59. The highest BCUT2D eigenvalue weighted by molar-refractivity contribution is 5.94. The van der Waals surface area contributed by atoms with Crippen LogP contribution >= 0.6 is 0 Å². The zero-order valence-corrected chi connectivity index (χ0v) is 14.4. The van der Waals surface area contributed by atoms with Gasteiger partial charge in [0.05, 0.1) is 6.04 Å². The molecule has 0 saturated heterocycles. The van der Waals surface area contributed by atoms with Crippen LogP contribution in [0.1, 0.15) is 38.7 Å². The van der Waals surface area contributed by atoms with Gasteiger partial charge in [0.1, 0.15) is 11.5 Å². The zero-order valence-electron chi connectivity index (χ0n) is 14.4. The van der Waals surface area contributed by atoms with Crippen molar-refractivity contribution < 1.29 is 9.53 Å². The first-order valence-electron chi connectivity index (χ1n) is 8.55. The van der Waals surface area contributed by atoms with E-state index in [1.807, 2.05) is 37.3 Å². The summed E-state index contributed by atoms with van der Waals surface area (Å²) in [6, 6.07) is 15.0. The van der Waals surface area contributed by atoms with Crippen LogP contribution in [0.25, 0.3) is 0 Å². The minimum Gasteiger partial charge on any atom is -0.457 e. The predicted molar refractivity (Wildman–Crippen MR) is 98.5 cm³/mol. The van der Waals surface area contributed by atoms with E-state index in [0.717, 1.165) is 12.2 Å². The highest BCUT2D eigenvalue weighted by Crippen LogP contribution is 2.25. The lowest BCUT2D eigenvalue weighted by molar-refractivity contribution is -0.117. The van der Waals surface area contributed by atoms with Gasteiger partial charge >= 0.3 is 0 Å². The number of benzene rings is 2. The molecule has 0 heterocycles. The third-order valence-electron chi connectivity index (χ3n) is 3.83. The number of anilines is 1. The summed E-state index contributed by atoms with van der Waals surface area (Å²) < 4.78 is 5.93. The van der Waals surface area contributed by atoms with Crippen molar-refractivity contribution in [2.24, 2.45) is 5.73 Å². The fourth-order valence-corrected chi connectivity index (χ4v) is 2.34. The van der Waals surface area contributed by atoms with Crippen molar-refractivity contribution >= 4 is 11.6 Å². The molecular weight excluding hydrogens is 300 g/mol. The average molecular weight is 326 g/mol. The topological polar surface area (TPSA) is 64.3 Å². The third kappa shape index (κ3) is 5.39. The standard InChI is InChI=1S/C20H26N2O2/c1-3-5-8-15-9-6-11-17(13-15)24-18-12-7-10-16(14-18)22-20(23)19(21)4-2/h6-7,9-14,19H,3-5,8,21H2,1-2H3,(H,22,23). The molecule has 2 aromatic carbocycles. The van der Waals surface area contributed by atoms with Gasteiger partial charge in [0.2, 0.25) is 5.91 Å². The highest BCUT2D eigenvalue weighted by Gasteiger charge is 2.11. The van der Waals surface area contributed by atoms with Crippen LogP contribution in [0.2, 0.25) is 0 Å². The quantitative estimate of drug-likeness (QED) is 0.751. The summed E-state index contributed by atoms with van der Waals surface area (Å²) in [6.07, 6.45) is 4.00. The SMILES string of the molecule is CCCCc1cccc(Oc2cccc(NC(=O)C(N)CC)c2)c1. The van der Waals surface area contributed by atoms with Crippen LogP contribution in [0.5, 0.6) is 11.5 Å². The Hall–Kier alpha value is -2.33. The van der Waals surface area contributed by atoms with Gasteiger partial charge in [-0.2, -0.15) is 0 Å². The molecule has 0 aliphatic heterocycles. The fourth-order valence-electron chi connectivity index (χ4n) is 2.34. The molecule has 0 saturated carbocycles. The molecule has 1 atom stereocenters. The van der Waals surface area contributed by atoms with E-state index in [4.69, 9.17) is 10.5 Å². The first-order chi connectivity index (χ1) is 11.6. The molecule has 0 aliphatic carbocycles. The highest BCUT2D eigenvalue weighted by atomic mass is 16.5. The number of nitrogens with one attached hydrogen (secondary N) is 1. The number of carbonyl (C=O) groups is 1.